The maximum absolute atomic E-state index is 11.8. The minimum atomic E-state index is -3.88. The molecule has 0 saturated carbocycles. The maximum atomic E-state index is 11.8. The quantitative estimate of drug-likeness (QED) is 0.476. The Labute approximate surface area is 127 Å². The summed E-state index contributed by atoms with van der Waals surface area (Å²) in [6.07, 6.45) is 0.405. The first-order valence-corrected chi connectivity index (χ1v) is 6.37. The summed E-state index contributed by atoms with van der Waals surface area (Å²) >= 11 is 0. The number of hydrogen-bond donors (Lipinski definition) is 0. The van der Waals surface area contributed by atoms with Gasteiger partial charge in [-0.2, -0.15) is 8.42 Å². The molecule has 18 heavy (non-hydrogen) atoms. The number of carbonyl (C=O) groups excluding carboxylic acids is 1. The monoisotopic (exact) mass is 274 g/mol. The summed E-state index contributed by atoms with van der Waals surface area (Å²) in [5.74, 6) is 0. The second-order valence-corrected chi connectivity index (χ2v) is 4.97. The molecule has 0 radical (unpaired) electrons. The number of benzene rings is 2. The van der Waals surface area contributed by atoms with E-state index in [-0.39, 0.29) is 34.5 Å². The van der Waals surface area contributed by atoms with Gasteiger partial charge in [0, 0.05) is 5.39 Å². The van der Waals surface area contributed by atoms with Gasteiger partial charge in [0.25, 0.3) is 10.1 Å². The molecule has 0 heterocycles. The molecule has 0 aliphatic carbocycles. The Morgan fingerprint density at radius 2 is 1.72 bits per heavy atom. The molecule has 0 aromatic heterocycles. The topological polar surface area (TPSA) is 60.4 Å². The van der Waals surface area contributed by atoms with Gasteiger partial charge in [0.1, 0.15) is 17.8 Å². The molecule has 0 unspecified atom stereocenters. The average Bonchev–Trinajstić information content (AvgIpc) is 2.36. The van der Waals surface area contributed by atoms with Crippen molar-refractivity contribution in [2.24, 2.45) is 0 Å². The summed E-state index contributed by atoms with van der Waals surface area (Å²) < 4.78 is 28.2. The Bertz CT molecular complexity index is 647. The molecule has 2 aromatic carbocycles. The van der Waals surface area contributed by atoms with Crippen molar-refractivity contribution in [3.05, 3.63) is 42.5 Å². The molecular formula is C12H11NaO4S. The molecule has 2 rings (SSSR count). The normalized spacial score (nSPS) is 10.9. The molecule has 0 aliphatic heterocycles. The van der Waals surface area contributed by atoms with E-state index in [1.807, 2.05) is 18.2 Å². The van der Waals surface area contributed by atoms with Gasteiger partial charge in [-0.15, -0.1) is 0 Å². The van der Waals surface area contributed by atoms with Crippen LogP contribution in [0.3, 0.4) is 0 Å². The van der Waals surface area contributed by atoms with Crippen LogP contribution >= 0.6 is 0 Å². The van der Waals surface area contributed by atoms with Crippen molar-refractivity contribution in [2.75, 3.05) is 6.61 Å². The summed E-state index contributed by atoms with van der Waals surface area (Å²) in [5, 5.41) is 1.39. The van der Waals surface area contributed by atoms with Gasteiger partial charge in [-0.25, -0.2) is 0 Å². The second kappa shape index (κ2) is 6.45. The van der Waals surface area contributed by atoms with Gasteiger partial charge in [-0.1, -0.05) is 36.4 Å². The molecule has 0 amide bonds. The van der Waals surface area contributed by atoms with Crippen molar-refractivity contribution in [2.45, 2.75) is 4.90 Å². The van der Waals surface area contributed by atoms with Crippen molar-refractivity contribution >= 4 is 56.7 Å². The van der Waals surface area contributed by atoms with Crippen LogP contribution in [0.25, 0.3) is 10.8 Å². The molecule has 90 valence electrons. The van der Waals surface area contributed by atoms with Gasteiger partial charge in [-0.3, -0.25) is 4.18 Å². The summed E-state index contributed by atoms with van der Waals surface area (Å²) in [4.78, 5) is 10.2. The fraction of sp³-hybridized carbons (Fsp3) is 0.0833. The van der Waals surface area contributed by atoms with Gasteiger partial charge in [-0.05, 0) is 11.5 Å². The SMILES string of the molecule is O=CCOS(=O)(=O)c1cccc2ccccc12.[NaH]. The van der Waals surface area contributed by atoms with Crippen molar-refractivity contribution in [3.63, 3.8) is 0 Å². The standard InChI is InChI=1S/C12H10O4S.Na.H/c13-8-9-16-17(14,15)12-7-3-5-10-4-1-2-6-11(10)12;;/h1-8H,9H2;;. The molecule has 0 saturated heterocycles. The van der Waals surface area contributed by atoms with Crippen LogP contribution in [0, 0.1) is 0 Å². The van der Waals surface area contributed by atoms with Crippen LogP contribution < -0.4 is 0 Å². The van der Waals surface area contributed by atoms with E-state index in [0.717, 1.165) is 5.39 Å². The predicted octanol–water partition coefficient (Wildman–Crippen LogP) is 1.10. The molecule has 4 nitrogen and oxygen atoms in total. The first kappa shape index (κ1) is 15.3. The number of carbonyl (C=O) groups is 1. The van der Waals surface area contributed by atoms with Crippen molar-refractivity contribution in [1.29, 1.82) is 0 Å². The molecule has 0 N–H and O–H groups in total. The molecule has 6 heteroatoms. The molecule has 0 fully saturated rings. The van der Waals surface area contributed by atoms with Crippen molar-refractivity contribution < 1.29 is 17.4 Å². The molecule has 0 atom stereocenters. The van der Waals surface area contributed by atoms with Crippen LogP contribution in [0.5, 0.6) is 0 Å². The molecule has 0 bridgehead atoms. The Morgan fingerprint density at radius 3 is 2.44 bits per heavy atom. The van der Waals surface area contributed by atoms with E-state index in [0.29, 0.717) is 11.7 Å². The first-order valence-electron chi connectivity index (χ1n) is 4.96. The third-order valence-electron chi connectivity index (χ3n) is 2.31. The second-order valence-electron chi connectivity index (χ2n) is 3.38. The van der Waals surface area contributed by atoms with Crippen LogP contribution in [0.4, 0.5) is 0 Å². The van der Waals surface area contributed by atoms with Gasteiger partial charge in [0.05, 0.1) is 0 Å². The van der Waals surface area contributed by atoms with Crippen LogP contribution in [-0.4, -0.2) is 50.9 Å². The number of fused-ring (bicyclic) bond motifs is 1. The number of hydrogen-bond acceptors (Lipinski definition) is 4. The fourth-order valence-corrected chi connectivity index (χ4v) is 2.66. The zero-order valence-electron chi connectivity index (χ0n) is 8.87. The van der Waals surface area contributed by atoms with E-state index in [1.165, 1.54) is 6.07 Å². The van der Waals surface area contributed by atoms with Gasteiger partial charge < -0.3 is 4.79 Å². The Hall–Kier alpha value is -0.720. The number of rotatable bonds is 4. The zero-order valence-corrected chi connectivity index (χ0v) is 9.68. The fourth-order valence-electron chi connectivity index (χ4n) is 1.59. The van der Waals surface area contributed by atoms with Crippen molar-refractivity contribution in [3.8, 4) is 0 Å². The van der Waals surface area contributed by atoms with Crippen LogP contribution in [0.15, 0.2) is 47.4 Å². The van der Waals surface area contributed by atoms with Crippen LogP contribution in [0.2, 0.25) is 0 Å². The molecular weight excluding hydrogens is 263 g/mol. The average molecular weight is 274 g/mol. The summed E-state index contributed by atoms with van der Waals surface area (Å²) in [6.45, 7) is -0.467. The van der Waals surface area contributed by atoms with E-state index >= 15 is 0 Å². The van der Waals surface area contributed by atoms with E-state index in [4.69, 9.17) is 0 Å². The van der Waals surface area contributed by atoms with Gasteiger partial charge in [0.2, 0.25) is 0 Å². The third kappa shape index (κ3) is 3.18. The van der Waals surface area contributed by atoms with E-state index < -0.39 is 16.7 Å². The molecule has 0 spiro atoms. The summed E-state index contributed by atoms with van der Waals surface area (Å²) in [6, 6.07) is 12.0. The zero-order chi connectivity index (χ0) is 12.3. The molecule has 0 aliphatic rings. The summed E-state index contributed by atoms with van der Waals surface area (Å²) in [7, 11) is -3.88. The Morgan fingerprint density at radius 1 is 1.06 bits per heavy atom. The summed E-state index contributed by atoms with van der Waals surface area (Å²) in [5.41, 5.74) is 0. The van der Waals surface area contributed by atoms with Crippen molar-refractivity contribution in [1.82, 2.24) is 0 Å². The van der Waals surface area contributed by atoms with Gasteiger partial charge in [0.15, 0.2) is 0 Å². The minimum absolute atomic E-state index is 0. The Balaban J connectivity index is 0.00000162. The van der Waals surface area contributed by atoms with Crippen LogP contribution in [0.1, 0.15) is 0 Å². The third-order valence-corrected chi connectivity index (χ3v) is 3.65. The van der Waals surface area contributed by atoms with E-state index in [1.54, 1.807) is 18.2 Å². The molecule has 2 aromatic rings. The predicted molar refractivity (Wildman–Crippen MR) is 70.3 cm³/mol. The van der Waals surface area contributed by atoms with Gasteiger partial charge >= 0.3 is 29.6 Å². The van der Waals surface area contributed by atoms with Crippen LogP contribution in [-0.2, 0) is 19.1 Å². The van der Waals surface area contributed by atoms with E-state index in [2.05, 4.69) is 4.18 Å². The number of aldehydes is 1. The van der Waals surface area contributed by atoms with E-state index in [9.17, 15) is 13.2 Å². The first-order chi connectivity index (χ1) is 8.15. The Kier molecular flexibility index (Phi) is 5.49.